The SMILES string of the molecule is C=CC(=O)NCC(=C)OCC(C)=O. The highest BCUT2D eigenvalue weighted by Crippen LogP contribution is 1.90. The number of carbonyl (C=O) groups is 2. The summed E-state index contributed by atoms with van der Waals surface area (Å²) in [6, 6.07) is 0. The Hall–Kier alpha value is -1.58. The van der Waals surface area contributed by atoms with Gasteiger partial charge in [0.25, 0.3) is 0 Å². The van der Waals surface area contributed by atoms with Crippen LogP contribution in [0.5, 0.6) is 0 Å². The zero-order valence-corrected chi connectivity index (χ0v) is 7.63. The Morgan fingerprint density at radius 3 is 2.62 bits per heavy atom. The van der Waals surface area contributed by atoms with Gasteiger partial charge in [-0.1, -0.05) is 13.2 Å². The van der Waals surface area contributed by atoms with E-state index in [9.17, 15) is 9.59 Å². The Labute approximate surface area is 77.3 Å². The van der Waals surface area contributed by atoms with E-state index in [1.54, 1.807) is 0 Å². The van der Waals surface area contributed by atoms with Crippen LogP contribution < -0.4 is 5.32 Å². The number of carbonyl (C=O) groups excluding carboxylic acids is 2. The van der Waals surface area contributed by atoms with E-state index in [1.165, 1.54) is 6.92 Å². The van der Waals surface area contributed by atoms with Gasteiger partial charge < -0.3 is 10.1 Å². The lowest BCUT2D eigenvalue weighted by atomic mass is 10.4. The molecule has 0 aliphatic heterocycles. The summed E-state index contributed by atoms with van der Waals surface area (Å²) < 4.78 is 4.91. The highest BCUT2D eigenvalue weighted by atomic mass is 16.5. The number of nitrogens with one attached hydrogen (secondary N) is 1. The van der Waals surface area contributed by atoms with Crippen LogP contribution in [0.3, 0.4) is 0 Å². The number of ketones is 1. The van der Waals surface area contributed by atoms with Crippen molar-refractivity contribution in [2.75, 3.05) is 13.2 Å². The Morgan fingerprint density at radius 1 is 1.54 bits per heavy atom. The molecular weight excluding hydrogens is 170 g/mol. The minimum absolute atomic E-state index is 0.0111. The van der Waals surface area contributed by atoms with Gasteiger partial charge in [-0.15, -0.1) is 0 Å². The van der Waals surface area contributed by atoms with E-state index in [2.05, 4.69) is 18.5 Å². The van der Waals surface area contributed by atoms with E-state index in [1.807, 2.05) is 0 Å². The molecule has 0 fully saturated rings. The third kappa shape index (κ3) is 6.80. The van der Waals surface area contributed by atoms with Crippen molar-refractivity contribution in [2.45, 2.75) is 6.92 Å². The van der Waals surface area contributed by atoms with E-state index in [0.717, 1.165) is 6.08 Å². The monoisotopic (exact) mass is 183 g/mol. The standard InChI is InChI=1S/C9H13NO3/c1-4-9(12)10-5-8(3)13-6-7(2)11/h4H,1,3,5-6H2,2H3,(H,10,12). The molecule has 0 heterocycles. The first-order chi connectivity index (χ1) is 6.06. The second kappa shape index (κ2) is 5.99. The maximum Gasteiger partial charge on any atom is 0.243 e. The van der Waals surface area contributed by atoms with Crippen molar-refractivity contribution < 1.29 is 14.3 Å². The van der Waals surface area contributed by atoms with Crippen LogP contribution in [0.15, 0.2) is 25.0 Å². The summed E-state index contributed by atoms with van der Waals surface area (Å²) in [7, 11) is 0. The van der Waals surface area contributed by atoms with Gasteiger partial charge in [-0.2, -0.15) is 0 Å². The minimum Gasteiger partial charge on any atom is -0.489 e. The summed E-state index contributed by atoms with van der Waals surface area (Å²) in [5, 5.41) is 2.46. The molecule has 0 aromatic rings. The van der Waals surface area contributed by atoms with Gasteiger partial charge in [0.15, 0.2) is 5.78 Å². The van der Waals surface area contributed by atoms with E-state index in [4.69, 9.17) is 4.74 Å². The summed E-state index contributed by atoms with van der Waals surface area (Å²) in [5.41, 5.74) is 0. The summed E-state index contributed by atoms with van der Waals surface area (Å²) in [4.78, 5) is 21.1. The van der Waals surface area contributed by atoms with Crippen molar-refractivity contribution in [1.82, 2.24) is 5.32 Å². The summed E-state index contributed by atoms with van der Waals surface area (Å²) >= 11 is 0. The molecule has 1 amide bonds. The second-order valence-corrected chi connectivity index (χ2v) is 2.45. The molecule has 0 aliphatic rings. The summed E-state index contributed by atoms with van der Waals surface area (Å²) in [6.45, 7) is 8.38. The maximum atomic E-state index is 10.7. The van der Waals surface area contributed by atoms with Crippen molar-refractivity contribution in [3.63, 3.8) is 0 Å². The highest BCUT2D eigenvalue weighted by Gasteiger charge is 1.99. The van der Waals surface area contributed by atoms with Gasteiger partial charge >= 0.3 is 0 Å². The first-order valence-electron chi connectivity index (χ1n) is 3.76. The molecule has 13 heavy (non-hydrogen) atoms. The van der Waals surface area contributed by atoms with E-state index >= 15 is 0 Å². The molecule has 0 saturated carbocycles. The number of amides is 1. The molecule has 0 saturated heterocycles. The normalized spacial score (nSPS) is 8.69. The van der Waals surface area contributed by atoms with E-state index in [0.29, 0.717) is 5.76 Å². The fraction of sp³-hybridized carbons (Fsp3) is 0.333. The van der Waals surface area contributed by atoms with Crippen LogP contribution >= 0.6 is 0 Å². The molecule has 0 atom stereocenters. The van der Waals surface area contributed by atoms with Gasteiger partial charge in [0.2, 0.25) is 5.91 Å². The number of hydrogen-bond donors (Lipinski definition) is 1. The largest absolute Gasteiger partial charge is 0.489 e. The predicted octanol–water partition coefficient (Wildman–Crippen LogP) is 0.408. The number of ether oxygens (including phenoxy) is 1. The van der Waals surface area contributed by atoms with Gasteiger partial charge in [-0.3, -0.25) is 9.59 Å². The lowest BCUT2D eigenvalue weighted by molar-refractivity contribution is -0.120. The quantitative estimate of drug-likeness (QED) is 0.479. The molecule has 1 N–H and O–H groups in total. The van der Waals surface area contributed by atoms with E-state index in [-0.39, 0.29) is 24.8 Å². The molecule has 0 aromatic heterocycles. The van der Waals surface area contributed by atoms with Gasteiger partial charge in [-0.25, -0.2) is 0 Å². The lowest BCUT2D eigenvalue weighted by Crippen LogP contribution is -2.24. The van der Waals surface area contributed by atoms with Crippen LogP contribution in [0, 0.1) is 0 Å². The van der Waals surface area contributed by atoms with Gasteiger partial charge in [0, 0.05) is 0 Å². The Bertz CT molecular complexity index is 233. The molecule has 0 spiro atoms. The zero-order valence-electron chi connectivity index (χ0n) is 7.63. The molecule has 0 bridgehead atoms. The topological polar surface area (TPSA) is 55.4 Å². The van der Waals surface area contributed by atoms with Crippen LogP contribution in [0.25, 0.3) is 0 Å². The average Bonchev–Trinajstić information content (AvgIpc) is 2.10. The Morgan fingerprint density at radius 2 is 2.15 bits per heavy atom. The van der Waals surface area contributed by atoms with Crippen LogP contribution in [0.1, 0.15) is 6.92 Å². The van der Waals surface area contributed by atoms with Crippen LogP contribution in [0.2, 0.25) is 0 Å². The van der Waals surface area contributed by atoms with Crippen molar-refractivity contribution in [2.24, 2.45) is 0 Å². The number of hydrogen-bond acceptors (Lipinski definition) is 3. The molecule has 4 nitrogen and oxygen atoms in total. The van der Waals surface area contributed by atoms with Crippen molar-refractivity contribution in [3.05, 3.63) is 25.0 Å². The van der Waals surface area contributed by atoms with Gasteiger partial charge in [-0.05, 0) is 13.0 Å². The molecule has 0 aliphatic carbocycles. The van der Waals surface area contributed by atoms with Crippen molar-refractivity contribution in [3.8, 4) is 0 Å². The van der Waals surface area contributed by atoms with Crippen LogP contribution in [0.4, 0.5) is 0 Å². The zero-order chi connectivity index (χ0) is 10.3. The molecule has 4 heteroatoms. The Kier molecular flexibility index (Phi) is 5.27. The predicted molar refractivity (Wildman–Crippen MR) is 49.0 cm³/mol. The van der Waals surface area contributed by atoms with Crippen molar-refractivity contribution in [1.29, 1.82) is 0 Å². The molecule has 0 unspecified atom stereocenters. The maximum absolute atomic E-state index is 10.7. The Balaban J connectivity index is 3.57. The summed E-state index contributed by atoms with van der Waals surface area (Å²) in [6.07, 6.45) is 1.15. The van der Waals surface area contributed by atoms with Gasteiger partial charge in [0.05, 0.1) is 6.54 Å². The summed E-state index contributed by atoms with van der Waals surface area (Å²) in [5.74, 6) is -0.0332. The third-order valence-corrected chi connectivity index (χ3v) is 1.12. The molecule has 0 radical (unpaired) electrons. The molecule has 0 rings (SSSR count). The van der Waals surface area contributed by atoms with E-state index < -0.39 is 0 Å². The fourth-order valence-corrected chi connectivity index (χ4v) is 0.513. The van der Waals surface area contributed by atoms with Crippen molar-refractivity contribution >= 4 is 11.7 Å². The van der Waals surface area contributed by atoms with Crippen LogP contribution in [-0.2, 0) is 14.3 Å². The van der Waals surface area contributed by atoms with Crippen LogP contribution in [-0.4, -0.2) is 24.8 Å². The smallest absolute Gasteiger partial charge is 0.243 e. The third-order valence-electron chi connectivity index (χ3n) is 1.12. The minimum atomic E-state index is -0.299. The average molecular weight is 183 g/mol. The number of Topliss-reactive ketones (excluding diaryl/α,β-unsaturated/α-hetero) is 1. The molecule has 72 valence electrons. The highest BCUT2D eigenvalue weighted by molar-refractivity contribution is 5.86. The first kappa shape index (κ1) is 11.4. The second-order valence-electron chi connectivity index (χ2n) is 2.45. The molecule has 0 aromatic carbocycles. The fourth-order valence-electron chi connectivity index (χ4n) is 0.513. The lowest BCUT2D eigenvalue weighted by Gasteiger charge is -2.07. The number of rotatable bonds is 6. The van der Waals surface area contributed by atoms with Gasteiger partial charge in [0.1, 0.15) is 12.4 Å². The first-order valence-corrected chi connectivity index (χ1v) is 3.76. The molecular formula is C9H13NO3.